The van der Waals surface area contributed by atoms with E-state index in [9.17, 15) is 4.79 Å². The molecule has 0 saturated heterocycles. The molecule has 2 rings (SSSR count). The number of hydrazone groups is 1. The number of amides is 1. The molecule has 1 aliphatic carbocycles. The van der Waals surface area contributed by atoms with Gasteiger partial charge in [-0.2, -0.15) is 5.10 Å². The Balaban J connectivity index is 1.78. The van der Waals surface area contributed by atoms with Gasteiger partial charge in [-0.15, -0.1) is 0 Å². The van der Waals surface area contributed by atoms with E-state index in [0.29, 0.717) is 5.92 Å². The molecule has 0 aromatic heterocycles. The second-order valence-corrected chi connectivity index (χ2v) is 5.47. The molecule has 4 nitrogen and oxygen atoms in total. The monoisotopic (exact) mass is 274 g/mol. The zero-order valence-corrected chi connectivity index (χ0v) is 12.2. The molecule has 0 aliphatic heterocycles. The Hall–Kier alpha value is -1.84. The van der Waals surface area contributed by atoms with Crippen LogP contribution in [-0.4, -0.2) is 18.2 Å². The van der Waals surface area contributed by atoms with Crippen molar-refractivity contribution >= 4 is 11.6 Å². The van der Waals surface area contributed by atoms with Crippen LogP contribution in [-0.2, 0) is 4.79 Å². The zero-order valence-electron chi connectivity index (χ0n) is 12.2. The van der Waals surface area contributed by atoms with Crippen LogP contribution in [0.3, 0.4) is 0 Å². The molecule has 108 valence electrons. The van der Waals surface area contributed by atoms with Crippen molar-refractivity contribution in [2.45, 2.75) is 39.5 Å². The highest BCUT2D eigenvalue weighted by Gasteiger charge is 2.14. The first-order valence-corrected chi connectivity index (χ1v) is 7.18. The Morgan fingerprint density at radius 1 is 1.45 bits per heavy atom. The number of nitrogens with zero attached hydrogens (tertiary/aromatic N) is 1. The van der Waals surface area contributed by atoms with Gasteiger partial charge in [0.2, 0.25) is 0 Å². The van der Waals surface area contributed by atoms with E-state index in [2.05, 4.69) is 17.5 Å². The Kier molecular flexibility index (Phi) is 5.16. The molecule has 0 radical (unpaired) electrons. The van der Waals surface area contributed by atoms with Gasteiger partial charge in [-0.3, -0.25) is 4.79 Å². The highest BCUT2D eigenvalue weighted by Crippen LogP contribution is 2.21. The number of para-hydroxylation sites is 1. The highest BCUT2D eigenvalue weighted by atomic mass is 16.5. The predicted molar refractivity (Wildman–Crippen MR) is 79.9 cm³/mol. The molecule has 1 atom stereocenters. The molecule has 1 aliphatic rings. The van der Waals surface area contributed by atoms with Crippen LogP contribution in [0.1, 0.15) is 38.2 Å². The summed E-state index contributed by atoms with van der Waals surface area (Å²) in [4.78, 5) is 11.7. The summed E-state index contributed by atoms with van der Waals surface area (Å²) in [5, 5.41) is 4.21. The van der Waals surface area contributed by atoms with Crippen LogP contribution in [0, 0.1) is 12.8 Å². The zero-order chi connectivity index (χ0) is 14.4. The van der Waals surface area contributed by atoms with Gasteiger partial charge in [-0.1, -0.05) is 25.1 Å². The summed E-state index contributed by atoms with van der Waals surface area (Å²) in [6.07, 6.45) is 4.39. The Morgan fingerprint density at radius 2 is 2.25 bits per heavy atom. The molecular weight excluding hydrogens is 252 g/mol. The quantitative estimate of drug-likeness (QED) is 0.858. The fraction of sp³-hybridized carbons (Fsp3) is 0.500. The number of ether oxygens (including phenoxy) is 1. The van der Waals surface area contributed by atoms with Crippen molar-refractivity contribution in [3.05, 3.63) is 29.8 Å². The second kappa shape index (κ2) is 7.08. The average Bonchev–Trinajstić information content (AvgIpc) is 2.44. The lowest BCUT2D eigenvalue weighted by molar-refractivity contribution is -0.123. The van der Waals surface area contributed by atoms with Crippen LogP contribution < -0.4 is 10.2 Å². The van der Waals surface area contributed by atoms with Crippen molar-refractivity contribution in [1.29, 1.82) is 0 Å². The summed E-state index contributed by atoms with van der Waals surface area (Å²) in [7, 11) is 0. The molecule has 0 heterocycles. The standard InChI is InChI=1S/C16H22N2O2/c1-12-6-5-8-14(10-12)17-18-16(19)11-20-15-9-4-3-7-13(15)2/h3-4,7,9,12H,5-6,8,10-11H2,1-2H3,(H,18,19). The second-order valence-electron chi connectivity index (χ2n) is 5.47. The molecule has 1 aromatic carbocycles. The first-order chi connectivity index (χ1) is 9.65. The third-order valence-corrected chi connectivity index (χ3v) is 3.54. The number of carbonyl (C=O) groups excluding carboxylic acids is 1. The molecule has 1 N–H and O–H groups in total. The maximum atomic E-state index is 11.7. The van der Waals surface area contributed by atoms with E-state index in [0.717, 1.165) is 36.3 Å². The van der Waals surface area contributed by atoms with Gasteiger partial charge in [-0.05, 0) is 50.2 Å². The third-order valence-electron chi connectivity index (χ3n) is 3.54. The minimum absolute atomic E-state index is 0.00279. The molecule has 1 amide bonds. The maximum Gasteiger partial charge on any atom is 0.277 e. The number of nitrogens with one attached hydrogen (secondary N) is 1. The lowest BCUT2D eigenvalue weighted by Gasteiger charge is -2.18. The van der Waals surface area contributed by atoms with Crippen molar-refractivity contribution in [2.75, 3.05) is 6.61 Å². The summed E-state index contributed by atoms with van der Waals surface area (Å²) in [6, 6.07) is 7.65. The molecule has 1 aromatic rings. The average molecular weight is 274 g/mol. The maximum absolute atomic E-state index is 11.7. The Bertz CT molecular complexity index is 497. The van der Waals surface area contributed by atoms with E-state index in [1.807, 2.05) is 31.2 Å². The summed E-state index contributed by atoms with van der Waals surface area (Å²) in [5.41, 5.74) is 4.70. The van der Waals surface area contributed by atoms with E-state index in [-0.39, 0.29) is 12.5 Å². The SMILES string of the molecule is Cc1ccccc1OCC(=O)NN=C1CCCC(C)C1. The molecular formula is C16H22N2O2. The van der Waals surface area contributed by atoms with Gasteiger partial charge in [0.25, 0.3) is 5.91 Å². The van der Waals surface area contributed by atoms with Gasteiger partial charge >= 0.3 is 0 Å². The van der Waals surface area contributed by atoms with Gasteiger partial charge in [0, 0.05) is 5.71 Å². The lowest BCUT2D eigenvalue weighted by atomic mass is 9.89. The fourth-order valence-electron chi connectivity index (χ4n) is 2.40. The largest absolute Gasteiger partial charge is 0.483 e. The van der Waals surface area contributed by atoms with E-state index >= 15 is 0 Å². The number of hydrogen-bond acceptors (Lipinski definition) is 3. The minimum atomic E-state index is -0.209. The Labute approximate surface area is 120 Å². The van der Waals surface area contributed by atoms with Crippen LogP contribution in [0.4, 0.5) is 0 Å². The van der Waals surface area contributed by atoms with Gasteiger partial charge in [0.1, 0.15) is 5.75 Å². The van der Waals surface area contributed by atoms with E-state index < -0.39 is 0 Å². The normalized spacial score (nSPS) is 20.7. The van der Waals surface area contributed by atoms with Crippen LogP contribution >= 0.6 is 0 Å². The molecule has 0 spiro atoms. The molecule has 0 bridgehead atoms. The third kappa shape index (κ3) is 4.37. The molecule has 1 fully saturated rings. The Morgan fingerprint density at radius 3 is 3.00 bits per heavy atom. The van der Waals surface area contributed by atoms with Crippen molar-refractivity contribution in [1.82, 2.24) is 5.43 Å². The molecule has 20 heavy (non-hydrogen) atoms. The molecule has 4 heteroatoms. The highest BCUT2D eigenvalue weighted by molar-refractivity contribution is 5.87. The van der Waals surface area contributed by atoms with E-state index in [4.69, 9.17) is 4.74 Å². The van der Waals surface area contributed by atoms with Crippen molar-refractivity contribution in [3.63, 3.8) is 0 Å². The van der Waals surface area contributed by atoms with Gasteiger partial charge in [0.05, 0.1) is 0 Å². The number of hydrogen-bond donors (Lipinski definition) is 1. The van der Waals surface area contributed by atoms with Crippen LogP contribution in [0.25, 0.3) is 0 Å². The van der Waals surface area contributed by atoms with Gasteiger partial charge < -0.3 is 4.74 Å². The van der Waals surface area contributed by atoms with E-state index in [1.165, 1.54) is 6.42 Å². The van der Waals surface area contributed by atoms with Gasteiger partial charge in [-0.25, -0.2) is 5.43 Å². The number of benzene rings is 1. The molecule has 1 saturated carbocycles. The van der Waals surface area contributed by atoms with Crippen molar-refractivity contribution in [3.8, 4) is 5.75 Å². The molecule has 1 unspecified atom stereocenters. The van der Waals surface area contributed by atoms with Crippen LogP contribution in [0.15, 0.2) is 29.4 Å². The predicted octanol–water partition coefficient (Wildman–Crippen LogP) is 3.06. The first-order valence-electron chi connectivity index (χ1n) is 7.18. The number of carbonyl (C=O) groups is 1. The van der Waals surface area contributed by atoms with Gasteiger partial charge in [0.15, 0.2) is 6.61 Å². The number of aryl methyl sites for hydroxylation is 1. The summed E-state index contributed by atoms with van der Waals surface area (Å²) in [6.45, 7) is 4.17. The van der Waals surface area contributed by atoms with E-state index in [1.54, 1.807) is 0 Å². The first kappa shape index (κ1) is 14.6. The summed E-state index contributed by atoms with van der Waals surface area (Å²) >= 11 is 0. The summed E-state index contributed by atoms with van der Waals surface area (Å²) < 4.78 is 5.48. The minimum Gasteiger partial charge on any atom is -0.483 e. The van der Waals surface area contributed by atoms with Crippen molar-refractivity contribution < 1.29 is 9.53 Å². The fourth-order valence-corrected chi connectivity index (χ4v) is 2.40. The van der Waals surface area contributed by atoms with Crippen molar-refractivity contribution in [2.24, 2.45) is 11.0 Å². The topological polar surface area (TPSA) is 50.7 Å². The number of rotatable bonds is 4. The van der Waals surface area contributed by atoms with Crippen LogP contribution in [0.5, 0.6) is 5.75 Å². The summed E-state index contributed by atoms with van der Waals surface area (Å²) in [5.74, 6) is 1.20. The lowest BCUT2D eigenvalue weighted by Crippen LogP contribution is -2.27. The smallest absolute Gasteiger partial charge is 0.277 e. The van der Waals surface area contributed by atoms with Crippen LogP contribution in [0.2, 0.25) is 0 Å².